The molecule has 0 aliphatic carbocycles. The Morgan fingerprint density at radius 3 is 2.39 bits per heavy atom. The Morgan fingerprint density at radius 2 is 1.70 bits per heavy atom. The van der Waals surface area contributed by atoms with Crippen molar-refractivity contribution in [3.05, 3.63) is 82.0 Å². The second kappa shape index (κ2) is 9.50. The number of carbonyl (C=O) groups excluding carboxylic acids is 1. The van der Waals surface area contributed by atoms with Crippen LogP contribution in [0.3, 0.4) is 0 Å². The fourth-order valence-electron chi connectivity index (χ4n) is 3.32. The molecule has 0 saturated carbocycles. The summed E-state index contributed by atoms with van der Waals surface area (Å²) in [6.07, 6.45) is 1.63. The number of aromatic nitrogens is 4. The molecule has 2 N–H and O–H groups in total. The lowest BCUT2D eigenvalue weighted by Gasteiger charge is -2.10. The Morgan fingerprint density at radius 1 is 1.00 bits per heavy atom. The fraction of sp³-hybridized carbons (Fsp3) is 0.250. The first kappa shape index (κ1) is 22.6. The van der Waals surface area contributed by atoms with Crippen LogP contribution in [0.5, 0.6) is 0 Å². The van der Waals surface area contributed by atoms with E-state index in [1.807, 2.05) is 70.2 Å². The monoisotopic (exact) mass is 462 g/mol. The van der Waals surface area contributed by atoms with Crippen molar-refractivity contribution in [3.63, 3.8) is 0 Å². The summed E-state index contributed by atoms with van der Waals surface area (Å²) in [5.74, 6) is 0.946. The first-order chi connectivity index (χ1) is 15.8. The summed E-state index contributed by atoms with van der Waals surface area (Å²) in [5, 5.41) is 5.68. The third-order valence-corrected chi connectivity index (χ3v) is 6.29. The van der Waals surface area contributed by atoms with Crippen LogP contribution in [0.4, 0.5) is 16.2 Å². The van der Waals surface area contributed by atoms with Crippen LogP contribution in [0.15, 0.2) is 64.5 Å². The van der Waals surface area contributed by atoms with Crippen LogP contribution >= 0.6 is 11.8 Å². The number of rotatable bonds is 6. The summed E-state index contributed by atoms with van der Waals surface area (Å²) in [6.45, 7) is 8.02. The predicted molar refractivity (Wildman–Crippen MR) is 132 cm³/mol. The van der Waals surface area contributed by atoms with E-state index in [0.29, 0.717) is 22.9 Å². The van der Waals surface area contributed by atoms with E-state index in [-0.39, 0.29) is 17.6 Å². The summed E-state index contributed by atoms with van der Waals surface area (Å²) < 4.78 is 3.26. The Hall–Kier alpha value is -3.59. The quantitative estimate of drug-likeness (QED) is 0.392. The number of nitrogens with zero attached hydrogens (tertiary/aromatic N) is 4. The van der Waals surface area contributed by atoms with Crippen molar-refractivity contribution in [3.8, 4) is 0 Å². The van der Waals surface area contributed by atoms with Gasteiger partial charge in [0, 0.05) is 34.1 Å². The van der Waals surface area contributed by atoms with E-state index >= 15 is 0 Å². The van der Waals surface area contributed by atoms with Crippen molar-refractivity contribution >= 4 is 34.9 Å². The maximum atomic E-state index is 12.5. The largest absolute Gasteiger partial charge is 0.323 e. The van der Waals surface area contributed by atoms with E-state index in [4.69, 9.17) is 0 Å². The second-order valence-corrected chi connectivity index (χ2v) is 9.16. The normalized spacial score (nSPS) is 11.2. The zero-order valence-corrected chi connectivity index (χ0v) is 19.8. The highest BCUT2D eigenvalue weighted by Gasteiger charge is 2.10. The van der Waals surface area contributed by atoms with Crippen LogP contribution in [-0.2, 0) is 5.75 Å². The molecule has 0 aliphatic heterocycles. The standard InChI is InChI=1S/C24H26N6O2S/c1-15(2)29-14-25-23-26-20(12-22(31)30(23)29)13-33-21-9-7-18(8-10-21)27-24(32)28-19-6-5-16(3)17(4)11-19/h5-12,14-15H,13H2,1-4H3,(H2,27,28,32). The van der Waals surface area contributed by atoms with Gasteiger partial charge in [0.2, 0.25) is 0 Å². The number of benzene rings is 2. The van der Waals surface area contributed by atoms with E-state index in [0.717, 1.165) is 16.1 Å². The second-order valence-electron chi connectivity index (χ2n) is 8.11. The summed E-state index contributed by atoms with van der Waals surface area (Å²) in [7, 11) is 0. The maximum Gasteiger partial charge on any atom is 0.323 e. The molecule has 0 saturated heterocycles. The number of nitrogens with one attached hydrogen (secondary N) is 2. The molecule has 0 fully saturated rings. The highest BCUT2D eigenvalue weighted by molar-refractivity contribution is 7.98. The van der Waals surface area contributed by atoms with E-state index in [9.17, 15) is 9.59 Å². The third kappa shape index (κ3) is 5.25. The van der Waals surface area contributed by atoms with Crippen LogP contribution in [0, 0.1) is 13.8 Å². The average Bonchev–Trinajstić information content (AvgIpc) is 3.21. The molecule has 0 bridgehead atoms. The van der Waals surface area contributed by atoms with Crippen molar-refractivity contribution in [2.24, 2.45) is 0 Å². The van der Waals surface area contributed by atoms with Gasteiger partial charge in [0.05, 0.1) is 5.69 Å². The van der Waals surface area contributed by atoms with Crippen LogP contribution in [0.1, 0.15) is 36.7 Å². The summed E-state index contributed by atoms with van der Waals surface area (Å²) in [5.41, 5.74) is 4.28. The van der Waals surface area contributed by atoms with Gasteiger partial charge in [-0.25, -0.2) is 9.78 Å². The molecule has 0 atom stereocenters. The number of hydrogen-bond acceptors (Lipinski definition) is 5. The van der Waals surface area contributed by atoms with Gasteiger partial charge in [-0.1, -0.05) is 6.07 Å². The van der Waals surface area contributed by atoms with E-state index in [2.05, 4.69) is 20.6 Å². The van der Waals surface area contributed by atoms with Gasteiger partial charge in [-0.2, -0.15) is 9.50 Å². The minimum Gasteiger partial charge on any atom is -0.308 e. The topological polar surface area (TPSA) is 93.3 Å². The highest BCUT2D eigenvalue weighted by atomic mass is 32.2. The van der Waals surface area contributed by atoms with Crippen LogP contribution in [0.2, 0.25) is 0 Å². The van der Waals surface area contributed by atoms with Crippen molar-refractivity contribution < 1.29 is 4.79 Å². The van der Waals surface area contributed by atoms with E-state index in [1.165, 1.54) is 10.1 Å². The SMILES string of the molecule is Cc1ccc(NC(=O)Nc2ccc(SCc3cc(=O)n4c(ncn4C(C)C)n3)cc2)cc1C. The number of aryl methyl sites for hydroxylation is 2. The highest BCUT2D eigenvalue weighted by Crippen LogP contribution is 2.24. The molecular weight excluding hydrogens is 436 g/mol. The maximum absolute atomic E-state index is 12.5. The molecule has 9 heteroatoms. The molecule has 0 radical (unpaired) electrons. The lowest BCUT2D eigenvalue weighted by atomic mass is 10.1. The Labute approximate surface area is 196 Å². The van der Waals surface area contributed by atoms with Crippen molar-refractivity contribution in [2.45, 2.75) is 44.4 Å². The molecule has 8 nitrogen and oxygen atoms in total. The van der Waals surface area contributed by atoms with Gasteiger partial charge >= 0.3 is 6.03 Å². The fourth-order valence-corrected chi connectivity index (χ4v) is 4.11. The molecule has 4 rings (SSSR count). The lowest BCUT2D eigenvalue weighted by molar-refractivity contribution is 0.262. The number of urea groups is 1. The van der Waals surface area contributed by atoms with E-state index in [1.54, 1.807) is 28.8 Å². The third-order valence-electron chi connectivity index (χ3n) is 5.25. The van der Waals surface area contributed by atoms with Gasteiger partial charge in [-0.3, -0.25) is 9.48 Å². The molecule has 0 aliphatic rings. The molecule has 33 heavy (non-hydrogen) atoms. The molecule has 2 aromatic carbocycles. The Bertz CT molecular complexity index is 1360. The minimum atomic E-state index is -0.294. The van der Waals surface area contributed by atoms with Gasteiger partial charge in [0.1, 0.15) is 6.33 Å². The van der Waals surface area contributed by atoms with Crippen molar-refractivity contribution in [1.29, 1.82) is 0 Å². The molecule has 2 amide bonds. The van der Waals surface area contributed by atoms with Crippen molar-refractivity contribution in [1.82, 2.24) is 19.2 Å². The summed E-state index contributed by atoms with van der Waals surface area (Å²) in [6, 6.07) is 14.7. The van der Waals surface area contributed by atoms with Gasteiger partial charge in [-0.15, -0.1) is 11.8 Å². The number of fused-ring (bicyclic) bond motifs is 1. The van der Waals surface area contributed by atoms with Gasteiger partial charge in [-0.05, 0) is 75.2 Å². The molecule has 0 unspecified atom stereocenters. The zero-order valence-electron chi connectivity index (χ0n) is 19.0. The van der Waals surface area contributed by atoms with E-state index < -0.39 is 0 Å². The van der Waals surface area contributed by atoms with Gasteiger partial charge in [0.15, 0.2) is 0 Å². The van der Waals surface area contributed by atoms with Crippen LogP contribution in [-0.4, -0.2) is 25.2 Å². The van der Waals surface area contributed by atoms with Crippen LogP contribution in [0.25, 0.3) is 5.78 Å². The molecule has 2 aromatic heterocycles. The first-order valence-electron chi connectivity index (χ1n) is 10.6. The van der Waals surface area contributed by atoms with Crippen LogP contribution < -0.4 is 16.2 Å². The summed E-state index contributed by atoms with van der Waals surface area (Å²) >= 11 is 1.56. The van der Waals surface area contributed by atoms with Crippen molar-refractivity contribution in [2.75, 3.05) is 10.6 Å². The summed E-state index contributed by atoms with van der Waals surface area (Å²) in [4.78, 5) is 34.6. The first-order valence-corrected chi connectivity index (χ1v) is 11.6. The van der Waals surface area contributed by atoms with Gasteiger partial charge < -0.3 is 10.6 Å². The molecule has 2 heterocycles. The molecular formula is C24H26N6O2S. The number of hydrogen-bond donors (Lipinski definition) is 2. The minimum absolute atomic E-state index is 0.116. The lowest BCUT2D eigenvalue weighted by Crippen LogP contribution is -2.22. The van der Waals surface area contributed by atoms with Gasteiger partial charge in [0.25, 0.3) is 11.3 Å². The number of thioether (sulfide) groups is 1. The smallest absolute Gasteiger partial charge is 0.308 e. The molecule has 0 spiro atoms. The molecule has 4 aromatic rings. The Kier molecular flexibility index (Phi) is 6.50. The average molecular weight is 463 g/mol. The zero-order chi connectivity index (χ0) is 23.5. The number of anilines is 2. The molecule has 170 valence electrons. The number of carbonyl (C=O) groups is 1. The predicted octanol–water partition coefficient (Wildman–Crippen LogP) is 5.03. The number of amides is 2. The Balaban J connectivity index is 1.36.